The van der Waals surface area contributed by atoms with Gasteiger partial charge >= 0.3 is 0 Å². The van der Waals surface area contributed by atoms with E-state index in [-0.39, 0.29) is 0 Å². The lowest BCUT2D eigenvalue weighted by atomic mass is 9.99. The number of hydrogen-bond donors (Lipinski definition) is 0. The van der Waals surface area contributed by atoms with E-state index in [9.17, 15) is 0 Å². The summed E-state index contributed by atoms with van der Waals surface area (Å²) in [5, 5.41) is 9.82. The van der Waals surface area contributed by atoms with Crippen LogP contribution < -0.4 is 0 Å². The molecule has 0 aliphatic rings. The molecule has 0 radical (unpaired) electrons. The minimum Gasteiger partial charge on any atom is -0.277 e. The van der Waals surface area contributed by atoms with Gasteiger partial charge in [0.1, 0.15) is 0 Å². The van der Waals surface area contributed by atoms with E-state index in [4.69, 9.17) is 15.0 Å². The van der Waals surface area contributed by atoms with Crippen LogP contribution >= 0.6 is 11.3 Å². The molecule has 0 unspecified atom stereocenters. The van der Waals surface area contributed by atoms with E-state index in [1.165, 1.54) is 36.3 Å². The van der Waals surface area contributed by atoms with E-state index >= 15 is 0 Å². The molecule has 3 aromatic heterocycles. The predicted octanol–water partition coefficient (Wildman–Crippen LogP) is 15.3. The quantitative estimate of drug-likeness (QED) is 0.174. The first-order valence-electron chi connectivity index (χ1n) is 20.5. The topological polar surface area (TPSA) is 43.6 Å². The molecule has 0 aliphatic heterocycles. The molecule has 5 heteroatoms. The van der Waals surface area contributed by atoms with Gasteiger partial charge in [-0.1, -0.05) is 178 Å². The van der Waals surface area contributed by atoms with Crippen LogP contribution in [0.25, 0.3) is 115 Å². The molecular weight excluding hydrogens is 749 g/mol. The van der Waals surface area contributed by atoms with Gasteiger partial charge < -0.3 is 0 Å². The summed E-state index contributed by atoms with van der Waals surface area (Å²) >= 11 is 1.86. The fourth-order valence-corrected chi connectivity index (χ4v) is 9.85. The van der Waals surface area contributed by atoms with Crippen LogP contribution in [0.3, 0.4) is 0 Å². The van der Waals surface area contributed by atoms with Crippen LogP contribution in [0, 0.1) is 0 Å². The number of hydrogen-bond acceptors (Lipinski definition) is 4. The Morgan fingerprint density at radius 2 is 1.02 bits per heavy atom. The van der Waals surface area contributed by atoms with Gasteiger partial charge in [-0.2, -0.15) is 9.97 Å². The lowest BCUT2D eigenvalue weighted by Crippen LogP contribution is -2.07. The van der Waals surface area contributed by atoms with Gasteiger partial charge in [-0.05, 0) is 68.6 Å². The maximum Gasteiger partial charge on any atom is 0.238 e. The van der Waals surface area contributed by atoms with Crippen LogP contribution in [-0.4, -0.2) is 19.5 Å². The Hall–Kier alpha value is -7.47. The van der Waals surface area contributed by atoms with Crippen LogP contribution in [-0.2, 0) is 0 Å². The smallest absolute Gasteiger partial charge is 0.238 e. The van der Waals surface area contributed by atoms with Crippen molar-refractivity contribution in [1.29, 1.82) is 0 Å². The molecule has 3 heterocycles. The van der Waals surface area contributed by atoms with E-state index in [0.29, 0.717) is 17.6 Å². The lowest BCUT2D eigenvalue weighted by molar-refractivity contribution is 0.954. The maximum atomic E-state index is 5.37. The number of fused-ring (bicyclic) bond motifs is 9. The second kappa shape index (κ2) is 14.7. The molecule has 0 fully saturated rings. The molecule has 9 aromatic carbocycles. The normalized spacial score (nSPS) is 11.5. The van der Waals surface area contributed by atoms with Gasteiger partial charge in [0.25, 0.3) is 0 Å². The molecule has 60 heavy (non-hydrogen) atoms. The van der Waals surface area contributed by atoms with Gasteiger partial charge in [0.2, 0.25) is 5.95 Å². The lowest BCUT2D eigenvalue weighted by Gasteiger charge is -2.13. The van der Waals surface area contributed by atoms with E-state index < -0.39 is 0 Å². The molecule has 0 bridgehead atoms. The summed E-state index contributed by atoms with van der Waals surface area (Å²) in [5.41, 5.74) is 8.49. The molecular formula is C55H38N4S. The third-order valence-corrected chi connectivity index (χ3v) is 12.5. The van der Waals surface area contributed by atoms with Crippen molar-refractivity contribution in [2.45, 2.75) is 13.8 Å². The van der Waals surface area contributed by atoms with Gasteiger partial charge in [-0.3, -0.25) is 4.57 Å². The Morgan fingerprint density at radius 3 is 1.82 bits per heavy atom. The maximum absolute atomic E-state index is 5.37. The SMILES string of the molecule is CC.c1ccc(-c2cccc(-c3nc(-c4ccccc4)nc(-n4c5cc6ccccc6cc5c5cccc(-c6ccc7c(c6)sc6ccc8ccccc8c67)c54)n3)c2)cc1. The number of para-hydroxylation sites is 1. The summed E-state index contributed by atoms with van der Waals surface area (Å²) in [6.45, 7) is 4.00. The largest absolute Gasteiger partial charge is 0.277 e. The minimum atomic E-state index is 0.575. The summed E-state index contributed by atoms with van der Waals surface area (Å²) in [4.78, 5) is 15.8. The van der Waals surface area contributed by atoms with Gasteiger partial charge in [-0.15, -0.1) is 11.3 Å². The third-order valence-electron chi connectivity index (χ3n) is 11.4. The van der Waals surface area contributed by atoms with Crippen molar-refractivity contribution in [3.8, 4) is 51.0 Å². The molecule has 0 atom stereocenters. The second-order valence-corrected chi connectivity index (χ2v) is 15.9. The van der Waals surface area contributed by atoms with Crippen LogP contribution in [0.4, 0.5) is 0 Å². The van der Waals surface area contributed by atoms with Crippen molar-refractivity contribution in [3.05, 3.63) is 194 Å². The Kier molecular flexibility index (Phi) is 8.75. The van der Waals surface area contributed by atoms with Crippen LogP contribution in [0.15, 0.2) is 194 Å². The molecule has 0 aliphatic carbocycles. The monoisotopic (exact) mass is 786 g/mol. The van der Waals surface area contributed by atoms with E-state index in [2.05, 4.69) is 174 Å². The summed E-state index contributed by atoms with van der Waals surface area (Å²) in [6, 6.07) is 69.2. The molecule has 0 saturated heterocycles. The fourth-order valence-electron chi connectivity index (χ4n) is 8.68. The van der Waals surface area contributed by atoms with Crippen molar-refractivity contribution < 1.29 is 0 Å². The zero-order valence-electron chi connectivity index (χ0n) is 33.2. The van der Waals surface area contributed by atoms with E-state index in [1.807, 2.05) is 49.4 Å². The Bertz CT molecular complexity index is 3570. The zero-order valence-corrected chi connectivity index (χ0v) is 34.0. The molecule has 0 N–H and O–H groups in total. The summed E-state index contributed by atoms with van der Waals surface area (Å²) < 4.78 is 4.84. The first-order valence-corrected chi connectivity index (χ1v) is 21.3. The molecule has 4 nitrogen and oxygen atoms in total. The van der Waals surface area contributed by atoms with Crippen molar-refractivity contribution >= 4 is 74.9 Å². The van der Waals surface area contributed by atoms with Crippen molar-refractivity contribution in [2.75, 3.05) is 0 Å². The van der Waals surface area contributed by atoms with E-state index in [1.54, 1.807) is 0 Å². The van der Waals surface area contributed by atoms with Crippen molar-refractivity contribution in [3.63, 3.8) is 0 Å². The predicted molar refractivity (Wildman–Crippen MR) is 255 cm³/mol. The van der Waals surface area contributed by atoms with Crippen LogP contribution in [0.1, 0.15) is 13.8 Å². The highest BCUT2D eigenvalue weighted by Gasteiger charge is 2.22. The Balaban J connectivity index is 0.00000201. The first-order chi connectivity index (χ1) is 29.7. The average Bonchev–Trinajstić information content (AvgIpc) is 3.87. The molecule has 12 rings (SSSR count). The standard InChI is InChI=1S/C53H32N4S.C2H6/c1-3-13-33(14-4-1)36-20-11-21-40(29-36)52-54-51(35-16-5-2-6-17-35)55-53(56-52)57-46-31-38-19-8-7-18-37(38)30-45(46)43-24-12-23-42(50(43)57)39-25-27-44-48(32-39)58-47-28-26-34-15-9-10-22-41(34)49(44)47;1-2/h1-32H;1-2H3. The van der Waals surface area contributed by atoms with Crippen LogP contribution in [0.5, 0.6) is 0 Å². The van der Waals surface area contributed by atoms with Gasteiger partial charge in [0.15, 0.2) is 11.6 Å². The molecule has 0 amide bonds. The average molecular weight is 787 g/mol. The number of rotatable bonds is 5. The van der Waals surface area contributed by atoms with E-state index in [0.717, 1.165) is 60.6 Å². The number of benzene rings is 9. The zero-order chi connectivity index (χ0) is 40.2. The Morgan fingerprint density at radius 1 is 0.383 bits per heavy atom. The van der Waals surface area contributed by atoms with Gasteiger partial charge in [-0.25, -0.2) is 4.98 Å². The van der Waals surface area contributed by atoms with Gasteiger partial charge in [0.05, 0.1) is 11.0 Å². The van der Waals surface area contributed by atoms with Gasteiger partial charge in [0, 0.05) is 47.6 Å². The third kappa shape index (κ3) is 5.93. The number of nitrogens with zero attached hydrogens (tertiary/aromatic N) is 4. The van der Waals surface area contributed by atoms with Crippen molar-refractivity contribution in [2.24, 2.45) is 0 Å². The Labute approximate surface area is 351 Å². The highest BCUT2D eigenvalue weighted by molar-refractivity contribution is 7.26. The summed E-state index contributed by atoms with van der Waals surface area (Å²) in [5.74, 6) is 1.82. The highest BCUT2D eigenvalue weighted by atomic mass is 32.1. The fraction of sp³-hybridized carbons (Fsp3) is 0.0364. The number of thiophene rings is 1. The second-order valence-electron chi connectivity index (χ2n) is 14.8. The first kappa shape index (κ1) is 35.7. The molecule has 12 aromatic rings. The number of aromatic nitrogens is 4. The van der Waals surface area contributed by atoms with Crippen molar-refractivity contribution in [1.82, 2.24) is 19.5 Å². The van der Waals surface area contributed by atoms with Crippen LogP contribution in [0.2, 0.25) is 0 Å². The highest BCUT2D eigenvalue weighted by Crippen LogP contribution is 2.43. The summed E-state index contributed by atoms with van der Waals surface area (Å²) in [7, 11) is 0. The summed E-state index contributed by atoms with van der Waals surface area (Å²) in [6.07, 6.45) is 0. The minimum absolute atomic E-state index is 0.575. The molecule has 0 spiro atoms. The molecule has 284 valence electrons. The molecule has 0 saturated carbocycles.